The molecule has 0 unspecified atom stereocenters. The lowest BCUT2D eigenvalue weighted by Crippen LogP contribution is -2.35. The Bertz CT molecular complexity index is 379. The van der Waals surface area contributed by atoms with Gasteiger partial charge in [-0.3, -0.25) is 4.79 Å². The molecule has 1 aromatic carbocycles. The number of rotatable bonds is 6. The summed E-state index contributed by atoms with van der Waals surface area (Å²) in [6, 6.07) is 7.54. The zero-order chi connectivity index (χ0) is 12.8. The van der Waals surface area contributed by atoms with E-state index in [1.807, 2.05) is 38.1 Å². The number of carbonyl (C=O) groups is 1. The summed E-state index contributed by atoms with van der Waals surface area (Å²) < 4.78 is 0. The number of hydrogen-bond donors (Lipinski definition) is 2. The lowest BCUT2D eigenvalue weighted by Gasteiger charge is -2.20. The van der Waals surface area contributed by atoms with Crippen molar-refractivity contribution >= 4 is 17.6 Å². The van der Waals surface area contributed by atoms with Gasteiger partial charge in [0.25, 0.3) is 0 Å². The molecule has 0 heterocycles. The predicted molar refractivity (Wildman–Crippen MR) is 69.2 cm³/mol. The van der Waals surface area contributed by atoms with E-state index >= 15 is 0 Å². The number of benzene rings is 1. The summed E-state index contributed by atoms with van der Waals surface area (Å²) >= 11 is 5.89. The van der Waals surface area contributed by atoms with E-state index in [-0.39, 0.29) is 18.4 Å². The molecule has 1 atom stereocenters. The minimum atomic E-state index is -0.776. The van der Waals surface area contributed by atoms with Crippen molar-refractivity contribution in [2.24, 2.45) is 5.92 Å². The maximum absolute atomic E-state index is 10.7. The molecular formula is C13H18ClNO2. The van der Waals surface area contributed by atoms with Crippen molar-refractivity contribution in [2.45, 2.75) is 32.9 Å². The number of hydrogen-bond acceptors (Lipinski definition) is 2. The van der Waals surface area contributed by atoms with Crippen LogP contribution in [0.4, 0.5) is 0 Å². The Kier molecular flexibility index (Phi) is 5.45. The molecule has 0 bridgehead atoms. The third-order valence-electron chi connectivity index (χ3n) is 2.66. The standard InChI is InChI=1S/C13H18ClNO2/c1-9(2)12(7-13(16)17)15-8-10-4-3-5-11(14)6-10/h3-6,9,12,15H,7-8H2,1-2H3,(H,16,17)/t12-/m1/s1. The molecule has 0 aliphatic heterocycles. The molecule has 0 aromatic heterocycles. The van der Waals surface area contributed by atoms with Gasteiger partial charge in [-0.1, -0.05) is 37.6 Å². The van der Waals surface area contributed by atoms with Gasteiger partial charge in [-0.05, 0) is 23.6 Å². The summed E-state index contributed by atoms with van der Waals surface area (Å²) in [6.07, 6.45) is 0.137. The Labute approximate surface area is 107 Å². The largest absolute Gasteiger partial charge is 0.481 e. The minimum Gasteiger partial charge on any atom is -0.481 e. The molecule has 0 saturated heterocycles. The SMILES string of the molecule is CC(C)[C@@H](CC(=O)O)NCc1cccc(Cl)c1. The van der Waals surface area contributed by atoms with Crippen LogP contribution < -0.4 is 5.32 Å². The van der Waals surface area contributed by atoms with Gasteiger partial charge >= 0.3 is 5.97 Å². The third-order valence-corrected chi connectivity index (χ3v) is 2.89. The smallest absolute Gasteiger partial charge is 0.304 e. The number of carboxylic acids is 1. The molecular weight excluding hydrogens is 238 g/mol. The fraction of sp³-hybridized carbons (Fsp3) is 0.462. The topological polar surface area (TPSA) is 49.3 Å². The first-order valence-corrected chi connectivity index (χ1v) is 6.06. The number of aliphatic carboxylic acids is 1. The van der Waals surface area contributed by atoms with Crippen molar-refractivity contribution in [3.8, 4) is 0 Å². The molecule has 0 saturated carbocycles. The molecule has 1 aromatic rings. The first-order valence-electron chi connectivity index (χ1n) is 5.68. The van der Waals surface area contributed by atoms with Gasteiger partial charge in [-0.15, -0.1) is 0 Å². The van der Waals surface area contributed by atoms with Crippen LogP contribution in [0.5, 0.6) is 0 Å². The first kappa shape index (κ1) is 14.0. The first-order chi connectivity index (χ1) is 7.99. The van der Waals surface area contributed by atoms with Crippen molar-refractivity contribution in [1.29, 1.82) is 0 Å². The van der Waals surface area contributed by atoms with Crippen LogP contribution in [0.1, 0.15) is 25.8 Å². The Hall–Kier alpha value is -1.06. The average Bonchev–Trinajstić information content (AvgIpc) is 2.23. The third kappa shape index (κ3) is 5.20. The van der Waals surface area contributed by atoms with Crippen LogP contribution in [0.2, 0.25) is 5.02 Å². The maximum atomic E-state index is 10.7. The van der Waals surface area contributed by atoms with Crippen LogP contribution in [0.3, 0.4) is 0 Å². The van der Waals surface area contributed by atoms with Gasteiger partial charge in [0.1, 0.15) is 0 Å². The monoisotopic (exact) mass is 255 g/mol. The summed E-state index contributed by atoms with van der Waals surface area (Å²) in [5.41, 5.74) is 1.06. The van der Waals surface area contributed by atoms with Crippen molar-refractivity contribution in [3.63, 3.8) is 0 Å². The van der Waals surface area contributed by atoms with E-state index in [1.54, 1.807) is 0 Å². The molecule has 0 amide bonds. The Morgan fingerprint density at radius 3 is 2.71 bits per heavy atom. The molecule has 3 nitrogen and oxygen atoms in total. The highest BCUT2D eigenvalue weighted by molar-refractivity contribution is 6.30. The van der Waals surface area contributed by atoms with Gasteiger partial charge in [-0.2, -0.15) is 0 Å². The Morgan fingerprint density at radius 2 is 2.18 bits per heavy atom. The van der Waals surface area contributed by atoms with Crippen molar-refractivity contribution in [1.82, 2.24) is 5.32 Å². The summed E-state index contributed by atoms with van der Waals surface area (Å²) in [5.74, 6) is -0.493. The number of carboxylic acid groups (broad SMARTS) is 1. The lowest BCUT2D eigenvalue weighted by molar-refractivity contribution is -0.137. The molecule has 17 heavy (non-hydrogen) atoms. The highest BCUT2D eigenvalue weighted by Gasteiger charge is 2.16. The van der Waals surface area contributed by atoms with Crippen LogP contribution in [-0.2, 0) is 11.3 Å². The van der Waals surface area contributed by atoms with Crippen molar-refractivity contribution in [3.05, 3.63) is 34.9 Å². The number of halogens is 1. The summed E-state index contributed by atoms with van der Waals surface area (Å²) in [5, 5.41) is 12.8. The van der Waals surface area contributed by atoms with E-state index in [4.69, 9.17) is 16.7 Å². The van der Waals surface area contributed by atoms with E-state index in [0.29, 0.717) is 11.6 Å². The average molecular weight is 256 g/mol. The van der Waals surface area contributed by atoms with Crippen LogP contribution in [0.15, 0.2) is 24.3 Å². The van der Waals surface area contributed by atoms with Gasteiger partial charge in [0.15, 0.2) is 0 Å². The molecule has 2 N–H and O–H groups in total. The second-order valence-corrected chi connectivity index (χ2v) is 4.90. The van der Waals surface area contributed by atoms with Crippen LogP contribution in [0, 0.1) is 5.92 Å². The zero-order valence-electron chi connectivity index (χ0n) is 10.1. The van der Waals surface area contributed by atoms with Crippen LogP contribution >= 0.6 is 11.6 Å². The second kappa shape index (κ2) is 6.62. The van der Waals surface area contributed by atoms with Gasteiger partial charge in [-0.25, -0.2) is 0 Å². The number of nitrogens with one attached hydrogen (secondary N) is 1. The normalized spacial score (nSPS) is 12.7. The Morgan fingerprint density at radius 1 is 1.47 bits per heavy atom. The van der Waals surface area contributed by atoms with E-state index in [2.05, 4.69) is 5.32 Å². The zero-order valence-corrected chi connectivity index (χ0v) is 10.9. The molecule has 0 radical (unpaired) electrons. The Balaban J connectivity index is 2.54. The highest BCUT2D eigenvalue weighted by atomic mass is 35.5. The molecule has 4 heteroatoms. The van der Waals surface area contributed by atoms with E-state index in [1.165, 1.54) is 0 Å². The van der Waals surface area contributed by atoms with Gasteiger partial charge < -0.3 is 10.4 Å². The second-order valence-electron chi connectivity index (χ2n) is 4.46. The molecule has 94 valence electrons. The van der Waals surface area contributed by atoms with Crippen molar-refractivity contribution in [2.75, 3.05) is 0 Å². The quantitative estimate of drug-likeness (QED) is 0.822. The summed E-state index contributed by atoms with van der Waals surface area (Å²) in [7, 11) is 0. The fourth-order valence-corrected chi connectivity index (χ4v) is 1.84. The van der Waals surface area contributed by atoms with Gasteiger partial charge in [0, 0.05) is 17.6 Å². The summed E-state index contributed by atoms with van der Waals surface area (Å²) in [4.78, 5) is 10.7. The predicted octanol–water partition coefficient (Wildman–Crippen LogP) is 2.93. The van der Waals surface area contributed by atoms with Crippen molar-refractivity contribution < 1.29 is 9.90 Å². The molecule has 0 spiro atoms. The molecule has 1 rings (SSSR count). The fourth-order valence-electron chi connectivity index (χ4n) is 1.63. The van der Waals surface area contributed by atoms with Gasteiger partial charge in [0.05, 0.1) is 6.42 Å². The van der Waals surface area contributed by atoms with E-state index in [0.717, 1.165) is 5.56 Å². The van der Waals surface area contributed by atoms with Crippen LogP contribution in [0.25, 0.3) is 0 Å². The molecule has 0 aliphatic rings. The maximum Gasteiger partial charge on any atom is 0.304 e. The highest BCUT2D eigenvalue weighted by Crippen LogP contribution is 2.12. The van der Waals surface area contributed by atoms with Gasteiger partial charge in [0.2, 0.25) is 0 Å². The minimum absolute atomic E-state index is 0.0218. The summed E-state index contributed by atoms with van der Waals surface area (Å²) in [6.45, 7) is 4.66. The van der Waals surface area contributed by atoms with Crippen LogP contribution in [-0.4, -0.2) is 17.1 Å². The lowest BCUT2D eigenvalue weighted by atomic mass is 10.0. The van der Waals surface area contributed by atoms with E-state index in [9.17, 15) is 4.79 Å². The molecule has 0 fully saturated rings. The molecule has 0 aliphatic carbocycles. The van der Waals surface area contributed by atoms with E-state index < -0.39 is 5.97 Å².